The Labute approximate surface area is 116 Å². The summed E-state index contributed by atoms with van der Waals surface area (Å²) >= 11 is 0. The van der Waals surface area contributed by atoms with Crippen molar-refractivity contribution in [1.29, 1.82) is 0 Å². The Morgan fingerprint density at radius 1 is 1.10 bits per heavy atom. The maximum Gasteiger partial charge on any atom is 0.259 e. The van der Waals surface area contributed by atoms with E-state index < -0.39 is 0 Å². The zero-order chi connectivity index (χ0) is 14.1. The first-order valence-electron chi connectivity index (χ1n) is 6.47. The summed E-state index contributed by atoms with van der Waals surface area (Å²) in [5.74, 6) is -0.134. The Morgan fingerprint density at radius 2 is 1.85 bits per heavy atom. The van der Waals surface area contributed by atoms with Crippen LogP contribution in [0, 0.1) is 13.8 Å². The highest BCUT2D eigenvalue weighted by Crippen LogP contribution is 2.24. The van der Waals surface area contributed by atoms with Gasteiger partial charge in [-0.05, 0) is 25.3 Å². The van der Waals surface area contributed by atoms with E-state index in [1.807, 2.05) is 56.3 Å². The fraction of sp³-hybridized carbons (Fsp3) is 0.125. The number of carbonyl (C=O) groups is 1. The molecule has 100 valence electrons. The molecule has 0 radical (unpaired) electrons. The Hall–Kier alpha value is -2.62. The number of H-pyrrole nitrogens is 1. The normalized spacial score (nSPS) is 10.7. The van der Waals surface area contributed by atoms with Crippen LogP contribution in [0.2, 0.25) is 0 Å². The molecule has 0 spiro atoms. The number of amides is 1. The number of aromatic nitrogens is 2. The summed E-state index contributed by atoms with van der Waals surface area (Å²) in [6, 6.07) is 13.8. The van der Waals surface area contributed by atoms with Crippen LogP contribution in [-0.2, 0) is 0 Å². The second-order valence-corrected chi connectivity index (χ2v) is 4.79. The lowest BCUT2D eigenvalue weighted by Gasteiger charge is -2.08. The lowest BCUT2D eigenvalue weighted by atomic mass is 10.1. The Bertz CT molecular complexity index is 765. The van der Waals surface area contributed by atoms with Crippen molar-refractivity contribution in [3.05, 3.63) is 59.4 Å². The molecule has 0 saturated carbocycles. The fourth-order valence-electron chi connectivity index (χ4n) is 2.40. The first-order valence-corrected chi connectivity index (χ1v) is 6.47. The number of hydrogen-bond donors (Lipinski definition) is 2. The van der Waals surface area contributed by atoms with Gasteiger partial charge in [0.1, 0.15) is 0 Å². The molecule has 0 unspecified atom stereocenters. The highest BCUT2D eigenvalue weighted by molar-refractivity contribution is 6.10. The van der Waals surface area contributed by atoms with Crippen molar-refractivity contribution in [2.75, 3.05) is 5.32 Å². The summed E-state index contributed by atoms with van der Waals surface area (Å²) in [5.41, 5.74) is 2.91. The van der Waals surface area contributed by atoms with Gasteiger partial charge in [0.25, 0.3) is 5.91 Å². The molecule has 4 nitrogen and oxygen atoms in total. The third-order valence-electron chi connectivity index (χ3n) is 3.39. The average Bonchev–Trinajstić information content (AvgIpc) is 2.78. The maximum absolute atomic E-state index is 12.4. The molecular formula is C16H15N3O. The zero-order valence-electron chi connectivity index (χ0n) is 11.4. The van der Waals surface area contributed by atoms with E-state index in [0.29, 0.717) is 11.3 Å². The van der Waals surface area contributed by atoms with Gasteiger partial charge in [-0.2, -0.15) is 5.10 Å². The molecule has 1 heterocycles. The topological polar surface area (TPSA) is 57.8 Å². The summed E-state index contributed by atoms with van der Waals surface area (Å²) < 4.78 is 0. The summed E-state index contributed by atoms with van der Waals surface area (Å²) in [5, 5.41) is 12.0. The molecule has 0 bridgehead atoms. The molecule has 0 fully saturated rings. The largest absolute Gasteiger partial charge is 0.321 e. The van der Waals surface area contributed by atoms with E-state index >= 15 is 0 Å². The molecule has 3 aromatic rings. The van der Waals surface area contributed by atoms with Crippen LogP contribution in [0.15, 0.2) is 42.5 Å². The Morgan fingerprint density at radius 3 is 2.60 bits per heavy atom. The van der Waals surface area contributed by atoms with E-state index in [2.05, 4.69) is 15.5 Å². The number of aryl methyl sites for hydroxylation is 2. The number of nitrogens with one attached hydrogen (secondary N) is 2. The third kappa shape index (κ3) is 2.05. The molecule has 0 atom stereocenters. The van der Waals surface area contributed by atoms with Crippen molar-refractivity contribution in [2.24, 2.45) is 0 Å². The van der Waals surface area contributed by atoms with E-state index in [1.165, 1.54) is 0 Å². The molecule has 0 aliphatic rings. The van der Waals surface area contributed by atoms with Gasteiger partial charge in [-0.25, -0.2) is 0 Å². The predicted molar refractivity (Wildman–Crippen MR) is 80.0 cm³/mol. The number of carbonyl (C=O) groups excluding carboxylic acids is 1. The van der Waals surface area contributed by atoms with Crippen LogP contribution in [-0.4, -0.2) is 16.1 Å². The minimum absolute atomic E-state index is 0.134. The maximum atomic E-state index is 12.4. The summed E-state index contributed by atoms with van der Waals surface area (Å²) in [6.45, 7) is 3.67. The molecule has 2 N–H and O–H groups in total. The Balaban J connectivity index is 2.00. The van der Waals surface area contributed by atoms with Crippen LogP contribution in [0.3, 0.4) is 0 Å². The number of hydrogen-bond acceptors (Lipinski definition) is 2. The van der Waals surface area contributed by atoms with Crippen LogP contribution in [0.25, 0.3) is 10.8 Å². The van der Waals surface area contributed by atoms with Crippen LogP contribution in [0.4, 0.5) is 5.69 Å². The summed E-state index contributed by atoms with van der Waals surface area (Å²) in [4.78, 5) is 12.4. The smallest absolute Gasteiger partial charge is 0.259 e. The summed E-state index contributed by atoms with van der Waals surface area (Å²) in [7, 11) is 0. The zero-order valence-corrected chi connectivity index (χ0v) is 11.4. The van der Waals surface area contributed by atoms with Crippen molar-refractivity contribution in [1.82, 2.24) is 10.2 Å². The fourth-order valence-corrected chi connectivity index (χ4v) is 2.40. The van der Waals surface area contributed by atoms with Crippen molar-refractivity contribution < 1.29 is 4.79 Å². The van der Waals surface area contributed by atoms with Crippen molar-refractivity contribution >= 4 is 22.4 Å². The van der Waals surface area contributed by atoms with Gasteiger partial charge in [0.15, 0.2) is 0 Å². The lowest BCUT2D eigenvalue weighted by molar-refractivity contribution is 0.102. The van der Waals surface area contributed by atoms with Gasteiger partial charge in [0.2, 0.25) is 0 Å². The standard InChI is InChI=1S/C16H15N3O/c1-10-15(11(2)19-18-10)16(20)17-14-9-5-7-12-6-3-4-8-13(12)14/h3-9H,1-2H3,(H,17,20)(H,18,19). The second kappa shape index (κ2) is 4.81. The molecule has 3 rings (SSSR count). The number of nitrogens with zero attached hydrogens (tertiary/aromatic N) is 1. The van der Waals surface area contributed by atoms with E-state index in [0.717, 1.165) is 22.2 Å². The molecule has 0 saturated heterocycles. The SMILES string of the molecule is Cc1n[nH]c(C)c1C(=O)Nc1cccc2ccccc12. The summed E-state index contributed by atoms with van der Waals surface area (Å²) in [6.07, 6.45) is 0. The van der Waals surface area contributed by atoms with E-state index in [4.69, 9.17) is 0 Å². The molecule has 20 heavy (non-hydrogen) atoms. The Kier molecular flexibility index (Phi) is 2.99. The van der Waals surface area contributed by atoms with Gasteiger partial charge in [-0.1, -0.05) is 36.4 Å². The number of aromatic amines is 1. The first-order chi connectivity index (χ1) is 9.66. The minimum atomic E-state index is -0.134. The molecular weight excluding hydrogens is 250 g/mol. The lowest BCUT2D eigenvalue weighted by Crippen LogP contribution is -2.13. The molecule has 0 aliphatic heterocycles. The van der Waals surface area contributed by atoms with Crippen molar-refractivity contribution in [3.8, 4) is 0 Å². The number of benzene rings is 2. The van der Waals surface area contributed by atoms with Crippen LogP contribution < -0.4 is 5.32 Å². The number of fused-ring (bicyclic) bond motifs is 1. The first kappa shape index (κ1) is 12.4. The van der Waals surface area contributed by atoms with Gasteiger partial charge < -0.3 is 5.32 Å². The highest BCUT2D eigenvalue weighted by Gasteiger charge is 2.15. The molecule has 1 aromatic heterocycles. The number of anilines is 1. The molecule has 0 aliphatic carbocycles. The van der Waals surface area contributed by atoms with E-state index in [9.17, 15) is 4.79 Å². The highest BCUT2D eigenvalue weighted by atomic mass is 16.1. The third-order valence-corrected chi connectivity index (χ3v) is 3.39. The minimum Gasteiger partial charge on any atom is -0.321 e. The number of rotatable bonds is 2. The molecule has 4 heteroatoms. The second-order valence-electron chi connectivity index (χ2n) is 4.79. The van der Waals surface area contributed by atoms with Gasteiger partial charge in [-0.3, -0.25) is 9.89 Å². The van der Waals surface area contributed by atoms with Gasteiger partial charge >= 0.3 is 0 Å². The van der Waals surface area contributed by atoms with Crippen molar-refractivity contribution in [3.63, 3.8) is 0 Å². The predicted octanol–water partition coefficient (Wildman–Crippen LogP) is 3.43. The van der Waals surface area contributed by atoms with Gasteiger partial charge in [0.05, 0.1) is 11.3 Å². The van der Waals surface area contributed by atoms with Crippen LogP contribution in [0.5, 0.6) is 0 Å². The van der Waals surface area contributed by atoms with Gasteiger partial charge in [0, 0.05) is 16.8 Å². The van der Waals surface area contributed by atoms with Crippen LogP contribution in [0.1, 0.15) is 21.7 Å². The molecule has 1 amide bonds. The van der Waals surface area contributed by atoms with Gasteiger partial charge in [-0.15, -0.1) is 0 Å². The monoisotopic (exact) mass is 265 g/mol. The molecule has 2 aromatic carbocycles. The van der Waals surface area contributed by atoms with Crippen LogP contribution >= 0.6 is 0 Å². The van der Waals surface area contributed by atoms with E-state index in [1.54, 1.807) is 0 Å². The van der Waals surface area contributed by atoms with E-state index in [-0.39, 0.29) is 5.91 Å². The quantitative estimate of drug-likeness (QED) is 0.745. The average molecular weight is 265 g/mol. The van der Waals surface area contributed by atoms with Crippen molar-refractivity contribution in [2.45, 2.75) is 13.8 Å².